The molecule has 0 saturated heterocycles. The zero-order chi connectivity index (χ0) is 11.8. The van der Waals surface area contributed by atoms with E-state index in [1.807, 2.05) is 0 Å². The summed E-state index contributed by atoms with van der Waals surface area (Å²) in [6, 6.07) is 2.68. The van der Waals surface area contributed by atoms with E-state index in [-0.39, 0.29) is 0 Å². The molecule has 0 radical (unpaired) electrons. The Morgan fingerprint density at radius 1 is 1.56 bits per heavy atom. The highest BCUT2D eigenvalue weighted by Gasteiger charge is 2.11. The molecule has 1 aromatic heterocycles. The maximum absolute atomic E-state index is 5.10. The summed E-state index contributed by atoms with van der Waals surface area (Å²) in [6.45, 7) is 4.11. The monoisotopic (exact) mass is 305 g/mol. The van der Waals surface area contributed by atoms with E-state index < -0.39 is 0 Å². The van der Waals surface area contributed by atoms with Gasteiger partial charge in [-0.2, -0.15) is 0 Å². The highest BCUT2D eigenvalue weighted by molar-refractivity contribution is 9.11. The van der Waals surface area contributed by atoms with Crippen LogP contribution in [0, 0.1) is 0 Å². The molecule has 92 valence electrons. The third-order valence-electron chi connectivity index (χ3n) is 2.47. The van der Waals surface area contributed by atoms with E-state index in [1.165, 1.54) is 15.8 Å². The van der Waals surface area contributed by atoms with Crippen molar-refractivity contribution in [3.8, 4) is 0 Å². The van der Waals surface area contributed by atoms with Gasteiger partial charge < -0.3 is 10.1 Å². The molecule has 0 saturated carbocycles. The van der Waals surface area contributed by atoms with Gasteiger partial charge in [0, 0.05) is 19.8 Å². The highest BCUT2D eigenvalue weighted by Crippen LogP contribution is 2.27. The van der Waals surface area contributed by atoms with Crippen LogP contribution in [0.2, 0.25) is 0 Å². The van der Waals surface area contributed by atoms with Crippen molar-refractivity contribution in [1.29, 1.82) is 0 Å². The molecule has 0 spiro atoms. The summed E-state index contributed by atoms with van der Waals surface area (Å²) in [7, 11) is 1.76. The lowest BCUT2D eigenvalue weighted by atomic mass is 10.1. The molecular weight excluding hydrogens is 286 g/mol. The first-order valence-corrected chi connectivity index (χ1v) is 7.41. The van der Waals surface area contributed by atoms with Gasteiger partial charge in [-0.3, -0.25) is 0 Å². The Balaban J connectivity index is 2.49. The largest absolute Gasteiger partial charge is 0.385 e. The van der Waals surface area contributed by atoms with Crippen molar-refractivity contribution in [1.82, 2.24) is 5.32 Å². The summed E-state index contributed by atoms with van der Waals surface area (Å²) in [5, 5.41) is 5.81. The Kier molecular flexibility index (Phi) is 7.28. The van der Waals surface area contributed by atoms with E-state index >= 15 is 0 Å². The third-order valence-corrected chi connectivity index (χ3v) is 3.99. The average molecular weight is 306 g/mol. The summed E-state index contributed by atoms with van der Waals surface area (Å²) in [6.07, 6.45) is 3.41. The van der Waals surface area contributed by atoms with Crippen LogP contribution in [0.3, 0.4) is 0 Å². The van der Waals surface area contributed by atoms with Crippen molar-refractivity contribution in [3.05, 3.63) is 20.8 Å². The predicted molar refractivity (Wildman–Crippen MR) is 74.2 cm³/mol. The normalized spacial score (nSPS) is 12.9. The van der Waals surface area contributed by atoms with Gasteiger partial charge in [0.1, 0.15) is 0 Å². The van der Waals surface area contributed by atoms with E-state index in [4.69, 9.17) is 4.74 Å². The summed E-state index contributed by atoms with van der Waals surface area (Å²) < 4.78 is 6.31. The van der Waals surface area contributed by atoms with Crippen LogP contribution in [0.4, 0.5) is 0 Å². The molecule has 1 rings (SSSR count). The second kappa shape index (κ2) is 8.23. The number of thiophene rings is 1. The van der Waals surface area contributed by atoms with Crippen LogP contribution in [-0.2, 0) is 4.74 Å². The van der Waals surface area contributed by atoms with Crippen molar-refractivity contribution in [2.24, 2.45) is 0 Å². The summed E-state index contributed by atoms with van der Waals surface area (Å²) in [5.41, 5.74) is 1.39. The van der Waals surface area contributed by atoms with Gasteiger partial charge in [0.05, 0.1) is 3.79 Å². The van der Waals surface area contributed by atoms with E-state index in [1.54, 1.807) is 18.4 Å². The van der Waals surface area contributed by atoms with Gasteiger partial charge in [-0.05, 0) is 58.7 Å². The molecular formula is C12H20BrNOS. The van der Waals surface area contributed by atoms with E-state index in [0.29, 0.717) is 6.04 Å². The van der Waals surface area contributed by atoms with E-state index in [2.05, 4.69) is 39.6 Å². The molecule has 1 aromatic rings. The van der Waals surface area contributed by atoms with Gasteiger partial charge in [0.15, 0.2) is 0 Å². The second-order valence-corrected chi connectivity index (χ2v) is 6.12. The lowest BCUT2D eigenvalue weighted by molar-refractivity contribution is 0.189. The smallest absolute Gasteiger partial charge is 0.0701 e. The Morgan fingerprint density at radius 3 is 2.94 bits per heavy atom. The fourth-order valence-corrected chi connectivity index (χ4v) is 2.87. The Morgan fingerprint density at radius 2 is 2.38 bits per heavy atom. The number of ether oxygens (including phenoxy) is 1. The van der Waals surface area contributed by atoms with Gasteiger partial charge in [0.2, 0.25) is 0 Å². The molecule has 1 atom stereocenters. The van der Waals surface area contributed by atoms with Crippen molar-refractivity contribution in [2.75, 3.05) is 20.3 Å². The minimum atomic E-state index is 0.470. The summed E-state index contributed by atoms with van der Waals surface area (Å²) in [5.74, 6) is 0. The third kappa shape index (κ3) is 4.95. The number of nitrogens with one attached hydrogen (secondary N) is 1. The van der Waals surface area contributed by atoms with Gasteiger partial charge in [0.25, 0.3) is 0 Å². The SMILES string of the molecule is CCCNC(CCCOC)c1csc(Br)c1. The number of rotatable bonds is 8. The fourth-order valence-electron chi connectivity index (χ4n) is 1.64. The Labute approximate surface area is 111 Å². The van der Waals surface area contributed by atoms with Gasteiger partial charge in [-0.1, -0.05) is 6.92 Å². The highest BCUT2D eigenvalue weighted by atomic mass is 79.9. The maximum Gasteiger partial charge on any atom is 0.0701 e. The summed E-state index contributed by atoms with van der Waals surface area (Å²) >= 11 is 5.27. The average Bonchev–Trinajstić information content (AvgIpc) is 2.70. The molecule has 0 aliphatic heterocycles. The molecule has 2 nitrogen and oxygen atoms in total. The van der Waals surface area contributed by atoms with Crippen LogP contribution < -0.4 is 5.32 Å². The molecule has 1 N–H and O–H groups in total. The number of hydrogen-bond acceptors (Lipinski definition) is 3. The van der Waals surface area contributed by atoms with Gasteiger partial charge in [-0.15, -0.1) is 11.3 Å². The quantitative estimate of drug-likeness (QED) is 0.734. The van der Waals surface area contributed by atoms with Gasteiger partial charge >= 0.3 is 0 Å². The predicted octanol–water partition coefficient (Wildman–Crippen LogP) is 3.98. The number of hydrogen-bond donors (Lipinski definition) is 1. The topological polar surface area (TPSA) is 21.3 Å². The first-order valence-electron chi connectivity index (χ1n) is 5.74. The molecule has 0 fully saturated rings. The van der Waals surface area contributed by atoms with Crippen molar-refractivity contribution < 1.29 is 4.74 Å². The van der Waals surface area contributed by atoms with Crippen LogP contribution in [0.5, 0.6) is 0 Å². The molecule has 4 heteroatoms. The molecule has 1 unspecified atom stereocenters. The van der Waals surface area contributed by atoms with Crippen LogP contribution in [-0.4, -0.2) is 20.3 Å². The minimum absolute atomic E-state index is 0.470. The van der Waals surface area contributed by atoms with Crippen LogP contribution in [0.15, 0.2) is 15.2 Å². The first-order chi connectivity index (χ1) is 7.77. The fraction of sp³-hybridized carbons (Fsp3) is 0.667. The van der Waals surface area contributed by atoms with Crippen molar-refractivity contribution in [3.63, 3.8) is 0 Å². The molecule has 0 aliphatic carbocycles. The molecule has 16 heavy (non-hydrogen) atoms. The van der Waals surface area contributed by atoms with Crippen molar-refractivity contribution in [2.45, 2.75) is 32.2 Å². The van der Waals surface area contributed by atoms with Gasteiger partial charge in [-0.25, -0.2) is 0 Å². The van der Waals surface area contributed by atoms with Crippen LogP contribution >= 0.6 is 27.3 Å². The standard InChI is InChI=1S/C12H20BrNOS/c1-3-6-14-11(5-4-7-15-2)10-8-12(13)16-9-10/h8-9,11,14H,3-7H2,1-2H3. The number of halogens is 1. The molecule has 0 amide bonds. The molecule has 1 heterocycles. The van der Waals surface area contributed by atoms with Crippen molar-refractivity contribution >= 4 is 27.3 Å². The minimum Gasteiger partial charge on any atom is -0.385 e. The zero-order valence-corrected chi connectivity index (χ0v) is 12.4. The lowest BCUT2D eigenvalue weighted by Crippen LogP contribution is -2.22. The van der Waals surface area contributed by atoms with Crippen LogP contribution in [0.1, 0.15) is 37.8 Å². The molecule has 0 bridgehead atoms. The maximum atomic E-state index is 5.10. The molecule has 0 aliphatic rings. The lowest BCUT2D eigenvalue weighted by Gasteiger charge is -2.17. The second-order valence-electron chi connectivity index (χ2n) is 3.83. The Hall–Kier alpha value is 0.100. The first kappa shape index (κ1) is 14.2. The zero-order valence-electron chi connectivity index (χ0n) is 9.96. The summed E-state index contributed by atoms with van der Waals surface area (Å²) in [4.78, 5) is 0. The van der Waals surface area contributed by atoms with E-state index in [9.17, 15) is 0 Å². The molecule has 0 aromatic carbocycles. The number of methoxy groups -OCH3 is 1. The van der Waals surface area contributed by atoms with Crippen LogP contribution in [0.25, 0.3) is 0 Å². The van der Waals surface area contributed by atoms with E-state index in [0.717, 1.165) is 26.0 Å². The Bertz CT molecular complexity index is 290.